The lowest BCUT2D eigenvalue weighted by molar-refractivity contribution is -0.120. The van der Waals surface area contributed by atoms with Crippen LogP contribution < -0.4 is 10.1 Å². The van der Waals surface area contributed by atoms with Crippen molar-refractivity contribution in [1.29, 1.82) is 0 Å². The second-order valence-corrected chi connectivity index (χ2v) is 5.23. The molecule has 6 heteroatoms. The molecule has 0 aliphatic carbocycles. The third-order valence-electron chi connectivity index (χ3n) is 3.49. The summed E-state index contributed by atoms with van der Waals surface area (Å²) in [6, 6.07) is 13.0. The van der Waals surface area contributed by atoms with Gasteiger partial charge in [0.2, 0.25) is 5.91 Å². The van der Waals surface area contributed by atoms with Crippen LogP contribution in [-0.2, 0) is 17.8 Å². The summed E-state index contributed by atoms with van der Waals surface area (Å²) in [5, 5.41) is 6.79. The molecule has 24 heavy (non-hydrogen) atoms. The summed E-state index contributed by atoms with van der Waals surface area (Å²) in [5.41, 5.74) is 2.42. The van der Waals surface area contributed by atoms with Crippen molar-refractivity contribution >= 4 is 5.91 Å². The quantitative estimate of drug-likeness (QED) is 0.754. The number of aromatic nitrogens is 2. The lowest BCUT2D eigenvalue weighted by Gasteiger charge is -2.03. The van der Waals surface area contributed by atoms with Gasteiger partial charge in [0, 0.05) is 30.6 Å². The number of methoxy groups -OCH3 is 1. The van der Waals surface area contributed by atoms with E-state index in [1.54, 1.807) is 25.6 Å². The third kappa shape index (κ3) is 3.98. The predicted octanol–water partition coefficient (Wildman–Crippen LogP) is 2.60. The van der Waals surface area contributed by atoms with Gasteiger partial charge in [-0.15, -0.1) is 0 Å². The molecule has 0 bridgehead atoms. The summed E-state index contributed by atoms with van der Waals surface area (Å²) in [4.78, 5) is 16.0. The van der Waals surface area contributed by atoms with Crippen molar-refractivity contribution in [2.75, 3.05) is 7.11 Å². The van der Waals surface area contributed by atoms with E-state index >= 15 is 0 Å². The molecule has 3 aromatic rings. The Hall–Kier alpha value is -3.15. The molecule has 2 aromatic heterocycles. The highest BCUT2D eigenvalue weighted by molar-refractivity contribution is 5.78. The van der Waals surface area contributed by atoms with Crippen molar-refractivity contribution in [2.45, 2.75) is 13.0 Å². The van der Waals surface area contributed by atoms with E-state index in [0.29, 0.717) is 18.0 Å². The Labute approximate surface area is 139 Å². The zero-order valence-corrected chi connectivity index (χ0v) is 13.2. The topological polar surface area (TPSA) is 77.2 Å². The van der Waals surface area contributed by atoms with Crippen LogP contribution in [0.5, 0.6) is 5.75 Å². The van der Waals surface area contributed by atoms with E-state index in [-0.39, 0.29) is 12.3 Å². The number of hydrogen-bond acceptors (Lipinski definition) is 5. The van der Waals surface area contributed by atoms with Crippen LogP contribution >= 0.6 is 0 Å². The van der Waals surface area contributed by atoms with Crippen molar-refractivity contribution in [1.82, 2.24) is 15.5 Å². The first-order valence-corrected chi connectivity index (χ1v) is 7.50. The normalized spacial score (nSPS) is 10.4. The van der Waals surface area contributed by atoms with Crippen LogP contribution in [-0.4, -0.2) is 23.2 Å². The van der Waals surface area contributed by atoms with Crippen LogP contribution in [0.25, 0.3) is 11.3 Å². The molecule has 1 aromatic carbocycles. The van der Waals surface area contributed by atoms with E-state index in [4.69, 9.17) is 9.26 Å². The molecule has 0 saturated heterocycles. The average Bonchev–Trinajstić information content (AvgIpc) is 3.09. The molecule has 122 valence electrons. The fraction of sp³-hybridized carbons (Fsp3) is 0.167. The molecular formula is C18H17N3O3. The van der Waals surface area contributed by atoms with Gasteiger partial charge in [-0.1, -0.05) is 11.2 Å². The minimum absolute atomic E-state index is 0.117. The Bertz CT molecular complexity index is 798. The Kier molecular flexibility index (Phi) is 4.86. The first-order valence-electron chi connectivity index (χ1n) is 7.50. The molecule has 0 fully saturated rings. The highest BCUT2D eigenvalue weighted by Gasteiger charge is 2.10. The monoisotopic (exact) mass is 323 g/mol. The summed E-state index contributed by atoms with van der Waals surface area (Å²) in [6.07, 6.45) is 3.58. The first kappa shape index (κ1) is 15.7. The predicted molar refractivity (Wildman–Crippen MR) is 88.3 cm³/mol. The number of ether oxygens (including phenoxy) is 1. The number of nitrogens with zero attached hydrogens (tertiary/aromatic N) is 2. The van der Waals surface area contributed by atoms with E-state index in [2.05, 4.69) is 15.5 Å². The number of carbonyl (C=O) groups excluding carboxylic acids is 1. The van der Waals surface area contributed by atoms with Gasteiger partial charge in [-0.25, -0.2) is 0 Å². The lowest BCUT2D eigenvalue weighted by Crippen LogP contribution is -2.24. The van der Waals surface area contributed by atoms with Gasteiger partial charge in [-0.2, -0.15) is 0 Å². The zero-order valence-electron chi connectivity index (χ0n) is 13.2. The Morgan fingerprint density at radius 2 is 2.08 bits per heavy atom. The number of nitrogens with one attached hydrogen (secondary N) is 1. The van der Waals surface area contributed by atoms with Crippen molar-refractivity contribution < 1.29 is 14.1 Å². The molecule has 0 saturated carbocycles. The summed E-state index contributed by atoms with van der Waals surface area (Å²) >= 11 is 0. The number of rotatable bonds is 6. The maximum atomic E-state index is 12.0. The molecule has 0 aliphatic heterocycles. The van der Waals surface area contributed by atoms with E-state index in [0.717, 1.165) is 16.9 Å². The van der Waals surface area contributed by atoms with Gasteiger partial charge in [0.15, 0.2) is 5.76 Å². The number of amides is 1. The van der Waals surface area contributed by atoms with Crippen molar-refractivity contribution in [3.63, 3.8) is 0 Å². The Morgan fingerprint density at radius 3 is 2.79 bits per heavy atom. The molecule has 0 aliphatic rings. The number of hydrogen-bond donors (Lipinski definition) is 1. The van der Waals surface area contributed by atoms with E-state index in [9.17, 15) is 4.79 Å². The second kappa shape index (κ2) is 7.41. The summed E-state index contributed by atoms with van der Waals surface area (Å²) in [7, 11) is 1.62. The van der Waals surface area contributed by atoms with Gasteiger partial charge in [-0.05, 0) is 35.9 Å². The van der Waals surface area contributed by atoms with Crippen LogP contribution in [0.4, 0.5) is 0 Å². The van der Waals surface area contributed by atoms with Crippen molar-refractivity contribution in [2.24, 2.45) is 0 Å². The maximum absolute atomic E-state index is 12.0. The molecule has 3 rings (SSSR count). The van der Waals surface area contributed by atoms with Crippen molar-refractivity contribution in [3.8, 4) is 17.1 Å². The summed E-state index contributed by atoms with van der Waals surface area (Å²) in [6.45, 7) is 0.440. The molecule has 0 spiro atoms. The largest absolute Gasteiger partial charge is 0.497 e. The SMILES string of the molecule is COc1ccc(-c2cc(CC(=O)NCc3cccnc3)no2)cc1. The van der Waals surface area contributed by atoms with Crippen LogP contribution in [0.3, 0.4) is 0 Å². The molecular weight excluding hydrogens is 306 g/mol. The minimum atomic E-state index is -0.117. The molecule has 1 amide bonds. The third-order valence-corrected chi connectivity index (χ3v) is 3.49. The fourth-order valence-electron chi connectivity index (χ4n) is 2.22. The van der Waals surface area contributed by atoms with Crippen LogP contribution in [0.2, 0.25) is 0 Å². The maximum Gasteiger partial charge on any atom is 0.226 e. The smallest absolute Gasteiger partial charge is 0.226 e. The van der Waals surface area contributed by atoms with Gasteiger partial charge < -0.3 is 14.6 Å². The molecule has 2 heterocycles. The van der Waals surface area contributed by atoms with Crippen molar-refractivity contribution in [3.05, 3.63) is 66.1 Å². The first-order chi connectivity index (χ1) is 11.7. The summed E-state index contributed by atoms with van der Waals surface area (Å²) in [5.74, 6) is 1.27. The molecule has 0 unspecified atom stereocenters. The van der Waals surface area contributed by atoms with Gasteiger partial charge in [-0.3, -0.25) is 9.78 Å². The van der Waals surface area contributed by atoms with Crippen LogP contribution in [0.15, 0.2) is 59.4 Å². The van der Waals surface area contributed by atoms with Crippen LogP contribution in [0, 0.1) is 0 Å². The van der Waals surface area contributed by atoms with Gasteiger partial charge in [0.25, 0.3) is 0 Å². The van der Waals surface area contributed by atoms with Gasteiger partial charge in [0.05, 0.1) is 19.2 Å². The second-order valence-electron chi connectivity index (χ2n) is 5.23. The number of carbonyl (C=O) groups is 1. The molecule has 0 atom stereocenters. The van der Waals surface area contributed by atoms with Gasteiger partial charge >= 0.3 is 0 Å². The lowest BCUT2D eigenvalue weighted by atomic mass is 10.1. The Balaban J connectivity index is 1.58. The minimum Gasteiger partial charge on any atom is -0.497 e. The number of pyridine rings is 1. The van der Waals surface area contributed by atoms with E-state index in [1.807, 2.05) is 36.4 Å². The summed E-state index contributed by atoms with van der Waals surface area (Å²) < 4.78 is 10.4. The highest BCUT2D eigenvalue weighted by atomic mass is 16.5. The van der Waals surface area contributed by atoms with Gasteiger partial charge in [0.1, 0.15) is 5.75 Å². The van der Waals surface area contributed by atoms with Crippen LogP contribution in [0.1, 0.15) is 11.3 Å². The van der Waals surface area contributed by atoms with E-state index in [1.165, 1.54) is 0 Å². The molecule has 6 nitrogen and oxygen atoms in total. The molecule has 1 N–H and O–H groups in total. The zero-order chi connectivity index (χ0) is 16.8. The fourth-order valence-corrected chi connectivity index (χ4v) is 2.22. The van der Waals surface area contributed by atoms with E-state index < -0.39 is 0 Å². The Morgan fingerprint density at radius 1 is 1.25 bits per heavy atom. The number of benzene rings is 1. The average molecular weight is 323 g/mol. The highest BCUT2D eigenvalue weighted by Crippen LogP contribution is 2.23. The molecule has 0 radical (unpaired) electrons. The standard InChI is InChI=1S/C18H17N3O3/c1-23-16-6-4-14(5-7-16)17-9-15(21-24-17)10-18(22)20-12-13-3-2-8-19-11-13/h2-9,11H,10,12H2,1H3,(H,20,22).